The fourth-order valence-electron chi connectivity index (χ4n) is 3.15. The average molecular weight is 424 g/mol. The van der Waals surface area contributed by atoms with Gasteiger partial charge in [0.2, 0.25) is 15.9 Å². The Morgan fingerprint density at radius 3 is 2.41 bits per heavy atom. The van der Waals surface area contributed by atoms with Gasteiger partial charge in [0.1, 0.15) is 12.4 Å². The molecular formula is C20H22F2N2O4S. The third kappa shape index (κ3) is 5.30. The van der Waals surface area contributed by atoms with Gasteiger partial charge in [0.25, 0.3) is 0 Å². The lowest BCUT2D eigenvalue weighted by Gasteiger charge is -2.30. The molecule has 0 aromatic heterocycles. The van der Waals surface area contributed by atoms with E-state index in [4.69, 9.17) is 4.74 Å². The van der Waals surface area contributed by atoms with E-state index in [1.807, 2.05) is 30.3 Å². The average Bonchev–Trinajstić information content (AvgIpc) is 2.74. The van der Waals surface area contributed by atoms with Crippen molar-refractivity contribution < 1.29 is 26.7 Å². The highest BCUT2D eigenvalue weighted by atomic mass is 32.2. The molecule has 2 aromatic rings. The molecule has 0 spiro atoms. The first-order valence-corrected chi connectivity index (χ1v) is 10.7. The zero-order valence-corrected chi connectivity index (χ0v) is 16.5. The molecule has 1 saturated heterocycles. The van der Waals surface area contributed by atoms with Crippen molar-refractivity contribution in [1.82, 2.24) is 9.62 Å². The second-order valence-corrected chi connectivity index (χ2v) is 8.64. The summed E-state index contributed by atoms with van der Waals surface area (Å²) in [6.45, 7) is 0.958. The lowest BCUT2D eigenvalue weighted by molar-refractivity contribution is -0.126. The van der Waals surface area contributed by atoms with Crippen molar-refractivity contribution in [3.63, 3.8) is 0 Å². The molecule has 1 heterocycles. The van der Waals surface area contributed by atoms with E-state index in [1.165, 1.54) is 4.31 Å². The van der Waals surface area contributed by atoms with Crippen LogP contribution in [0.15, 0.2) is 53.4 Å². The van der Waals surface area contributed by atoms with Crippen LogP contribution in [0.3, 0.4) is 0 Å². The molecule has 0 unspecified atom stereocenters. The topological polar surface area (TPSA) is 75.7 Å². The number of ether oxygens (including phenoxy) is 1. The highest BCUT2D eigenvalue weighted by Crippen LogP contribution is 2.25. The number of benzene rings is 2. The van der Waals surface area contributed by atoms with Crippen LogP contribution in [0.1, 0.15) is 12.8 Å². The first kappa shape index (κ1) is 21.2. The third-order valence-electron chi connectivity index (χ3n) is 4.77. The quantitative estimate of drug-likeness (QED) is 0.694. The lowest BCUT2D eigenvalue weighted by Crippen LogP contribution is -2.43. The third-order valence-corrected chi connectivity index (χ3v) is 6.66. The van der Waals surface area contributed by atoms with Crippen LogP contribution in [-0.4, -0.2) is 44.9 Å². The Morgan fingerprint density at radius 2 is 1.76 bits per heavy atom. The van der Waals surface area contributed by atoms with E-state index in [9.17, 15) is 22.0 Å². The molecule has 0 radical (unpaired) electrons. The highest BCUT2D eigenvalue weighted by molar-refractivity contribution is 7.89. The Kier molecular flexibility index (Phi) is 6.81. The molecule has 0 aliphatic carbocycles. The molecule has 1 N–H and O–H groups in total. The molecule has 0 bridgehead atoms. The van der Waals surface area contributed by atoms with Crippen molar-refractivity contribution in [2.24, 2.45) is 5.92 Å². The number of hydrogen-bond donors (Lipinski definition) is 1. The Morgan fingerprint density at radius 1 is 1.07 bits per heavy atom. The van der Waals surface area contributed by atoms with E-state index in [0.717, 1.165) is 17.9 Å². The highest BCUT2D eigenvalue weighted by Gasteiger charge is 2.32. The van der Waals surface area contributed by atoms with E-state index < -0.39 is 21.7 Å². The summed E-state index contributed by atoms with van der Waals surface area (Å²) >= 11 is 0. The molecular weight excluding hydrogens is 402 g/mol. The molecule has 1 fully saturated rings. The number of hydrogen-bond acceptors (Lipinski definition) is 4. The normalized spacial score (nSPS) is 15.8. The Balaban J connectivity index is 1.46. The first-order valence-electron chi connectivity index (χ1n) is 9.28. The molecule has 1 aliphatic rings. The van der Waals surface area contributed by atoms with Gasteiger partial charge in [-0.3, -0.25) is 4.79 Å². The summed E-state index contributed by atoms with van der Waals surface area (Å²) in [5.74, 6) is -2.04. The first-order chi connectivity index (χ1) is 13.9. The molecule has 1 amide bonds. The zero-order valence-electron chi connectivity index (χ0n) is 15.7. The fourth-order valence-corrected chi connectivity index (χ4v) is 4.63. The van der Waals surface area contributed by atoms with E-state index in [0.29, 0.717) is 32.1 Å². The monoisotopic (exact) mass is 424 g/mol. The lowest BCUT2D eigenvalue weighted by atomic mass is 9.97. The molecule has 0 saturated carbocycles. The van der Waals surface area contributed by atoms with Crippen LogP contribution in [0.25, 0.3) is 0 Å². The number of carbonyl (C=O) groups is 1. The summed E-state index contributed by atoms with van der Waals surface area (Å²) in [5, 5.41) is 2.80. The number of amides is 1. The molecule has 2 aromatic carbocycles. The number of piperidine rings is 1. The summed E-state index contributed by atoms with van der Waals surface area (Å²) in [4.78, 5) is 12.0. The van der Waals surface area contributed by atoms with Crippen LogP contribution in [0.4, 0.5) is 8.78 Å². The van der Waals surface area contributed by atoms with Gasteiger partial charge in [0, 0.05) is 19.0 Å². The Hall–Kier alpha value is -2.52. The summed E-state index contributed by atoms with van der Waals surface area (Å²) in [7, 11) is -3.93. The van der Waals surface area contributed by atoms with Gasteiger partial charge in [-0.15, -0.1) is 0 Å². The minimum atomic E-state index is -3.93. The summed E-state index contributed by atoms with van der Waals surface area (Å²) in [6.07, 6.45) is 0.711. The number of nitrogens with zero attached hydrogens (tertiary/aromatic N) is 1. The molecule has 3 rings (SSSR count). The SMILES string of the molecule is O=C(NCCOc1ccccc1)C1CCN(S(=O)(=O)c2ccc(F)c(F)c2)CC1. The van der Waals surface area contributed by atoms with Gasteiger partial charge in [-0.2, -0.15) is 4.31 Å². The molecule has 0 atom stereocenters. The molecule has 9 heteroatoms. The van der Waals surface area contributed by atoms with Gasteiger partial charge in [0.15, 0.2) is 11.6 Å². The van der Waals surface area contributed by atoms with Crippen LogP contribution in [0, 0.1) is 17.6 Å². The zero-order chi connectivity index (χ0) is 20.9. The Labute approximate surface area is 168 Å². The number of nitrogens with one attached hydrogen (secondary N) is 1. The van der Waals surface area contributed by atoms with E-state index in [1.54, 1.807) is 0 Å². The van der Waals surface area contributed by atoms with Crippen LogP contribution >= 0.6 is 0 Å². The van der Waals surface area contributed by atoms with Crippen molar-refractivity contribution >= 4 is 15.9 Å². The smallest absolute Gasteiger partial charge is 0.243 e. The van der Waals surface area contributed by atoms with E-state index in [2.05, 4.69) is 5.32 Å². The van der Waals surface area contributed by atoms with E-state index in [-0.39, 0.29) is 29.8 Å². The van der Waals surface area contributed by atoms with Crippen LogP contribution in [0.2, 0.25) is 0 Å². The van der Waals surface area contributed by atoms with Crippen molar-refractivity contribution in [1.29, 1.82) is 0 Å². The van der Waals surface area contributed by atoms with Crippen molar-refractivity contribution in [3.05, 3.63) is 60.2 Å². The summed E-state index contributed by atoms with van der Waals surface area (Å²) in [6, 6.07) is 11.8. The number of halogens is 2. The van der Waals surface area contributed by atoms with Crippen molar-refractivity contribution in [2.75, 3.05) is 26.2 Å². The molecule has 6 nitrogen and oxygen atoms in total. The number of para-hydroxylation sites is 1. The summed E-state index contributed by atoms with van der Waals surface area (Å²) < 4.78 is 58.3. The standard InChI is InChI=1S/C20H22F2N2O4S/c21-18-7-6-17(14-19(18)22)29(26,27)24-11-8-15(9-12-24)20(25)23-10-13-28-16-4-2-1-3-5-16/h1-7,14-15H,8-13H2,(H,23,25). The minimum Gasteiger partial charge on any atom is -0.492 e. The van der Waals surface area contributed by atoms with Crippen molar-refractivity contribution in [3.8, 4) is 5.75 Å². The van der Waals surface area contributed by atoms with Gasteiger partial charge in [-0.1, -0.05) is 18.2 Å². The predicted octanol–water partition coefficient (Wildman–Crippen LogP) is 2.56. The number of carbonyl (C=O) groups excluding carboxylic acids is 1. The van der Waals surface area contributed by atoms with Gasteiger partial charge in [-0.25, -0.2) is 17.2 Å². The maximum Gasteiger partial charge on any atom is 0.243 e. The predicted molar refractivity (Wildman–Crippen MR) is 103 cm³/mol. The second-order valence-electron chi connectivity index (χ2n) is 6.71. The van der Waals surface area contributed by atoms with Gasteiger partial charge in [0.05, 0.1) is 11.4 Å². The van der Waals surface area contributed by atoms with Gasteiger partial charge < -0.3 is 10.1 Å². The van der Waals surface area contributed by atoms with Crippen LogP contribution < -0.4 is 10.1 Å². The summed E-state index contributed by atoms with van der Waals surface area (Å²) in [5.41, 5.74) is 0. The van der Waals surface area contributed by atoms with Crippen molar-refractivity contribution in [2.45, 2.75) is 17.7 Å². The Bertz CT molecular complexity index is 946. The van der Waals surface area contributed by atoms with Crippen LogP contribution in [-0.2, 0) is 14.8 Å². The second kappa shape index (κ2) is 9.32. The van der Waals surface area contributed by atoms with Gasteiger partial charge in [-0.05, 0) is 43.2 Å². The van der Waals surface area contributed by atoms with Gasteiger partial charge >= 0.3 is 0 Å². The molecule has 1 aliphatic heterocycles. The largest absolute Gasteiger partial charge is 0.492 e. The maximum atomic E-state index is 13.4. The van der Waals surface area contributed by atoms with Crippen LogP contribution in [0.5, 0.6) is 5.75 Å². The fraction of sp³-hybridized carbons (Fsp3) is 0.350. The maximum absolute atomic E-state index is 13.4. The molecule has 29 heavy (non-hydrogen) atoms. The number of sulfonamides is 1. The number of rotatable bonds is 7. The minimum absolute atomic E-state index is 0.139. The molecule has 156 valence electrons. The van der Waals surface area contributed by atoms with E-state index >= 15 is 0 Å².